The standard InChI is InChI=1S/C24H31N3O2S/c1-6-29-20-9-7-10-21-23(20)25-24(30-21)27(14-8-13-26(4)5)22(28)16-19-15-17(2)11-12-18(19)3/h7,9-12,15H,6,8,13-14,16H2,1-5H3. The molecule has 5 nitrogen and oxygen atoms in total. The second kappa shape index (κ2) is 10.0. The van der Waals surface area contributed by atoms with Gasteiger partial charge in [-0.15, -0.1) is 0 Å². The highest BCUT2D eigenvalue weighted by Crippen LogP contribution is 2.34. The predicted octanol–water partition coefficient (Wildman–Crippen LogP) is 4.84. The first-order valence-corrected chi connectivity index (χ1v) is 11.2. The van der Waals surface area contributed by atoms with Gasteiger partial charge in [0.05, 0.1) is 17.7 Å². The molecule has 1 aromatic heterocycles. The summed E-state index contributed by atoms with van der Waals surface area (Å²) in [5, 5.41) is 0.742. The number of anilines is 1. The Hall–Kier alpha value is -2.44. The van der Waals surface area contributed by atoms with Crippen LogP contribution in [0.5, 0.6) is 5.75 Å². The van der Waals surface area contributed by atoms with E-state index in [1.807, 2.05) is 44.1 Å². The third-order valence-corrected chi connectivity index (χ3v) is 6.08. The number of fused-ring (bicyclic) bond motifs is 1. The fourth-order valence-electron chi connectivity index (χ4n) is 3.42. The zero-order chi connectivity index (χ0) is 21.7. The number of para-hydroxylation sites is 1. The average molecular weight is 426 g/mol. The van der Waals surface area contributed by atoms with Crippen LogP contribution in [0, 0.1) is 13.8 Å². The van der Waals surface area contributed by atoms with Crippen LogP contribution in [-0.2, 0) is 11.2 Å². The zero-order valence-corrected chi connectivity index (χ0v) is 19.4. The van der Waals surface area contributed by atoms with Crippen molar-refractivity contribution in [2.24, 2.45) is 0 Å². The molecule has 0 aliphatic heterocycles. The molecular weight excluding hydrogens is 394 g/mol. The van der Waals surface area contributed by atoms with E-state index in [9.17, 15) is 4.79 Å². The van der Waals surface area contributed by atoms with Crippen molar-refractivity contribution in [2.45, 2.75) is 33.6 Å². The Morgan fingerprint density at radius 1 is 1.13 bits per heavy atom. The van der Waals surface area contributed by atoms with Gasteiger partial charge in [0, 0.05) is 6.54 Å². The van der Waals surface area contributed by atoms with Crippen molar-refractivity contribution < 1.29 is 9.53 Å². The fraction of sp³-hybridized carbons (Fsp3) is 0.417. The van der Waals surface area contributed by atoms with Crippen molar-refractivity contribution in [3.63, 3.8) is 0 Å². The maximum Gasteiger partial charge on any atom is 0.233 e. The average Bonchev–Trinajstić information content (AvgIpc) is 3.13. The fourth-order valence-corrected chi connectivity index (χ4v) is 4.45. The lowest BCUT2D eigenvalue weighted by Gasteiger charge is -2.21. The number of aryl methyl sites for hydroxylation is 2. The minimum Gasteiger partial charge on any atom is -0.492 e. The molecule has 0 bridgehead atoms. The summed E-state index contributed by atoms with van der Waals surface area (Å²) in [6.07, 6.45) is 1.27. The smallest absolute Gasteiger partial charge is 0.233 e. The van der Waals surface area contributed by atoms with Crippen molar-refractivity contribution in [1.29, 1.82) is 0 Å². The van der Waals surface area contributed by atoms with Gasteiger partial charge in [-0.1, -0.05) is 41.2 Å². The Balaban J connectivity index is 1.91. The summed E-state index contributed by atoms with van der Waals surface area (Å²) in [5.74, 6) is 0.854. The topological polar surface area (TPSA) is 45.7 Å². The van der Waals surface area contributed by atoms with Gasteiger partial charge in [0.1, 0.15) is 11.3 Å². The van der Waals surface area contributed by atoms with Crippen molar-refractivity contribution in [2.75, 3.05) is 38.7 Å². The van der Waals surface area contributed by atoms with E-state index in [2.05, 4.69) is 36.9 Å². The maximum absolute atomic E-state index is 13.4. The van der Waals surface area contributed by atoms with Crippen LogP contribution < -0.4 is 9.64 Å². The number of aromatic nitrogens is 1. The van der Waals surface area contributed by atoms with E-state index in [0.29, 0.717) is 19.6 Å². The van der Waals surface area contributed by atoms with Crippen molar-refractivity contribution in [1.82, 2.24) is 9.88 Å². The number of hydrogen-bond donors (Lipinski definition) is 0. The molecule has 1 heterocycles. The molecular formula is C24H31N3O2S. The third kappa shape index (κ3) is 5.37. The minimum absolute atomic E-state index is 0.0828. The SMILES string of the molecule is CCOc1cccc2sc(N(CCCN(C)C)C(=O)Cc3cc(C)ccc3C)nc12. The molecule has 0 saturated heterocycles. The summed E-state index contributed by atoms with van der Waals surface area (Å²) in [7, 11) is 4.10. The van der Waals surface area contributed by atoms with Crippen LogP contribution >= 0.6 is 11.3 Å². The van der Waals surface area contributed by atoms with Gasteiger partial charge in [0.2, 0.25) is 5.91 Å². The lowest BCUT2D eigenvalue weighted by molar-refractivity contribution is -0.118. The summed E-state index contributed by atoms with van der Waals surface area (Å²) in [4.78, 5) is 22.2. The van der Waals surface area contributed by atoms with E-state index >= 15 is 0 Å². The maximum atomic E-state index is 13.4. The number of rotatable bonds is 9. The highest BCUT2D eigenvalue weighted by atomic mass is 32.1. The Morgan fingerprint density at radius 2 is 1.93 bits per heavy atom. The number of carbonyl (C=O) groups excluding carboxylic acids is 1. The van der Waals surface area contributed by atoms with Crippen LogP contribution in [0.15, 0.2) is 36.4 Å². The highest BCUT2D eigenvalue weighted by molar-refractivity contribution is 7.22. The van der Waals surface area contributed by atoms with E-state index < -0.39 is 0 Å². The minimum atomic E-state index is 0.0828. The number of nitrogens with zero attached hydrogens (tertiary/aromatic N) is 3. The molecule has 2 aromatic carbocycles. The van der Waals surface area contributed by atoms with Gasteiger partial charge in [-0.2, -0.15) is 0 Å². The Bertz CT molecular complexity index is 1010. The lowest BCUT2D eigenvalue weighted by atomic mass is 10.0. The number of ether oxygens (including phenoxy) is 1. The van der Waals surface area contributed by atoms with Crippen molar-refractivity contribution in [3.05, 3.63) is 53.1 Å². The molecule has 160 valence electrons. The summed E-state index contributed by atoms with van der Waals surface area (Å²) in [6, 6.07) is 12.2. The molecule has 0 aliphatic rings. The summed E-state index contributed by atoms with van der Waals surface area (Å²) in [6.45, 7) is 8.24. The molecule has 0 radical (unpaired) electrons. The van der Waals surface area contributed by atoms with Crippen LogP contribution in [0.4, 0.5) is 5.13 Å². The van der Waals surface area contributed by atoms with Gasteiger partial charge in [0.25, 0.3) is 0 Å². The number of benzene rings is 2. The van der Waals surface area contributed by atoms with Crippen LogP contribution in [0.2, 0.25) is 0 Å². The molecule has 0 unspecified atom stereocenters. The molecule has 0 spiro atoms. The largest absolute Gasteiger partial charge is 0.492 e. The Morgan fingerprint density at radius 3 is 2.67 bits per heavy atom. The molecule has 0 atom stereocenters. The van der Waals surface area contributed by atoms with Gasteiger partial charge in [0.15, 0.2) is 5.13 Å². The number of amides is 1. The highest BCUT2D eigenvalue weighted by Gasteiger charge is 2.21. The van der Waals surface area contributed by atoms with Gasteiger partial charge in [-0.25, -0.2) is 4.98 Å². The first-order valence-electron chi connectivity index (χ1n) is 10.4. The molecule has 3 aromatic rings. The first-order chi connectivity index (χ1) is 14.4. The normalized spacial score (nSPS) is 11.3. The van der Waals surface area contributed by atoms with Gasteiger partial charge < -0.3 is 9.64 Å². The quantitative estimate of drug-likeness (QED) is 0.492. The summed E-state index contributed by atoms with van der Waals surface area (Å²) < 4.78 is 6.78. The van der Waals surface area contributed by atoms with Crippen LogP contribution in [0.25, 0.3) is 10.2 Å². The number of carbonyl (C=O) groups is 1. The van der Waals surface area contributed by atoms with Gasteiger partial charge in [-0.3, -0.25) is 9.69 Å². The van der Waals surface area contributed by atoms with Crippen LogP contribution in [0.3, 0.4) is 0 Å². The van der Waals surface area contributed by atoms with E-state index in [4.69, 9.17) is 9.72 Å². The second-order valence-corrected chi connectivity index (χ2v) is 8.85. The summed E-state index contributed by atoms with van der Waals surface area (Å²) in [5.41, 5.74) is 4.22. The molecule has 6 heteroatoms. The monoisotopic (exact) mass is 425 g/mol. The van der Waals surface area contributed by atoms with E-state index in [-0.39, 0.29) is 5.91 Å². The lowest BCUT2D eigenvalue weighted by Crippen LogP contribution is -2.34. The second-order valence-electron chi connectivity index (χ2n) is 7.84. The Labute approximate surface area is 183 Å². The number of hydrogen-bond acceptors (Lipinski definition) is 5. The van der Waals surface area contributed by atoms with Crippen molar-refractivity contribution >= 4 is 32.6 Å². The molecule has 3 rings (SSSR count). The first kappa shape index (κ1) is 22.2. The predicted molar refractivity (Wildman–Crippen MR) is 126 cm³/mol. The van der Waals surface area contributed by atoms with Gasteiger partial charge in [-0.05, 0) is 71.1 Å². The van der Waals surface area contributed by atoms with E-state index in [1.165, 1.54) is 5.56 Å². The number of thiazole rings is 1. The molecule has 0 saturated carbocycles. The summed E-state index contributed by atoms with van der Waals surface area (Å²) >= 11 is 1.55. The van der Waals surface area contributed by atoms with E-state index in [0.717, 1.165) is 45.2 Å². The molecule has 0 N–H and O–H groups in total. The third-order valence-electron chi connectivity index (χ3n) is 5.04. The zero-order valence-electron chi connectivity index (χ0n) is 18.6. The molecule has 0 fully saturated rings. The molecule has 30 heavy (non-hydrogen) atoms. The van der Waals surface area contributed by atoms with Crippen LogP contribution in [-0.4, -0.2) is 49.6 Å². The van der Waals surface area contributed by atoms with Crippen molar-refractivity contribution in [3.8, 4) is 5.75 Å². The van der Waals surface area contributed by atoms with Gasteiger partial charge >= 0.3 is 0 Å². The molecule has 1 amide bonds. The van der Waals surface area contributed by atoms with Crippen LogP contribution in [0.1, 0.15) is 30.0 Å². The Kier molecular flexibility index (Phi) is 7.45. The molecule has 0 aliphatic carbocycles. The van der Waals surface area contributed by atoms with E-state index in [1.54, 1.807) is 11.3 Å².